The SMILES string of the molecule is Cc1cc(F)c2[nH]c(=O)cc(C(=O)N(Cc3ccccn3)C3CC3)c2c1. The molecule has 3 aromatic rings. The van der Waals surface area contributed by atoms with E-state index in [4.69, 9.17) is 0 Å². The zero-order valence-corrected chi connectivity index (χ0v) is 14.3. The summed E-state index contributed by atoms with van der Waals surface area (Å²) in [5.74, 6) is -0.797. The Morgan fingerprint density at radius 2 is 2.12 bits per heavy atom. The van der Waals surface area contributed by atoms with Gasteiger partial charge >= 0.3 is 0 Å². The summed E-state index contributed by atoms with van der Waals surface area (Å²) in [7, 11) is 0. The van der Waals surface area contributed by atoms with E-state index in [0.29, 0.717) is 17.5 Å². The molecule has 2 heterocycles. The standard InChI is InChI=1S/C20H18FN3O2/c1-12-8-15-16(10-18(25)23-19(15)17(21)9-12)20(26)24(14-5-6-14)11-13-4-2-3-7-22-13/h2-4,7-10,14H,5-6,11H2,1H3,(H,23,25). The molecular formula is C20H18FN3O2. The summed E-state index contributed by atoms with van der Waals surface area (Å²) in [4.78, 5) is 33.8. The van der Waals surface area contributed by atoms with Crippen molar-refractivity contribution in [2.75, 3.05) is 0 Å². The first-order chi connectivity index (χ1) is 12.5. The molecule has 1 aromatic carbocycles. The molecule has 2 aromatic heterocycles. The number of nitrogens with one attached hydrogen (secondary N) is 1. The van der Waals surface area contributed by atoms with Gasteiger partial charge in [-0.1, -0.05) is 6.07 Å². The second kappa shape index (κ2) is 6.37. The second-order valence-corrected chi connectivity index (χ2v) is 6.70. The number of aryl methyl sites for hydroxylation is 1. The minimum Gasteiger partial charge on any atom is -0.330 e. The molecule has 0 atom stereocenters. The lowest BCUT2D eigenvalue weighted by Crippen LogP contribution is -2.33. The predicted molar refractivity (Wildman–Crippen MR) is 96.4 cm³/mol. The van der Waals surface area contributed by atoms with Gasteiger partial charge in [0.2, 0.25) is 5.56 Å². The van der Waals surface area contributed by atoms with Crippen molar-refractivity contribution in [1.82, 2.24) is 14.9 Å². The van der Waals surface area contributed by atoms with E-state index in [0.717, 1.165) is 18.5 Å². The number of carbonyl (C=O) groups is 1. The van der Waals surface area contributed by atoms with Crippen molar-refractivity contribution in [1.29, 1.82) is 0 Å². The van der Waals surface area contributed by atoms with Gasteiger partial charge in [0.15, 0.2) is 0 Å². The molecule has 1 fully saturated rings. The molecule has 0 radical (unpaired) electrons. The van der Waals surface area contributed by atoms with Crippen molar-refractivity contribution < 1.29 is 9.18 Å². The van der Waals surface area contributed by atoms with E-state index in [1.54, 1.807) is 24.1 Å². The molecule has 6 heteroatoms. The number of halogens is 1. The molecule has 1 aliphatic rings. The number of carbonyl (C=O) groups excluding carboxylic acids is 1. The first-order valence-electron chi connectivity index (χ1n) is 8.57. The van der Waals surface area contributed by atoms with Crippen LogP contribution in [0.1, 0.15) is 34.5 Å². The summed E-state index contributed by atoms with van der Waals surface area (Å²) in [6, 6.07) is 10.0. The number of nitrogens with zero attached hydrogens (tertiary/aromatic N) is 2. The van der Waals surface area contributed by atoms with Crippen molar-refractivity contribution in [2.45, 2.75) is 32.4 Å². The van der Waals surface area contributed by atoms with Gasteiger partial charge in [0.1, 0.15) is 5.82 Å². The maximum atomic E-state index is 14.3. The normalized spacial score (nSPS) is 13.8. The lowest BCUT2D eigenvalue weighted by molar-refractivity contribution is 0.0729. The van der Waals surface area contributed by atoms with Crippen LogP contribution in [0, 0.1) is 12.7 Å². The highest BCUT2D eigenvalue weighted by Crippen LogP contribution is 2.31. The first-order valence-corrected chi connectivity index (χ1v) is 8.57. The van der Waals surface area contributed by atoms with Crippen LogP contribution in [0.15, 0.2) is 47.4 Å². The molecule has 4 rings (SSSR count). The van der Waals surface area contributed by atoms with Gasteiger partial charge in [-0.25, -0.2) is 4.39 Å². The number of benzene rings is 1. The van der Waals surface area contributed by atoms with Crippen molar-refractivity contribution in [3.63, 3.8) is 0 Å². The Balaban J connectivity index is 1.80. The van der Waals surface area contributed by atoms with E-state index < -0.39 is 11.4 Å². The Hall–Kier alpha value is -3.02. The molecule has 5 nitrogen and oxygen atoms in total. The van der Waals surface area contributed by atoms with Crippen LogP contribution in [0.5, 0.6) is 0 Å². The number of pyridine rings is 2. The van der Waals surface area contributed by atoms with Gasteiger partial charge in [-0.05, 0) is 49.6 Å². The highest BCUT2D eigenvalue weighted by Gasteiger charge is 2.34. The van der Waals surface area contributed by atoms with Crippen molar-refractivity contribution in [3.05, 3.63) is 75.6 Å². The van der Waals surface area contributed by atoms with Crippen molar-refractivity contribution in [3.8, 4) is 0 Å². The Bertz CT molecular complexity index is 1040. The molecule has 132 valence electrons. The first kappa shape index (κ1) is 16.4. The number of hydrogen-bond donors (Lipinski definition) is 1. The third kappa shape index (κ3) is 3.10. The molecule has 0 spiro atoms. The molecule has 1 aliphatic carbocycles. The summed E-state index contributed by atoms with van der Waals surface area (Å²) in [5.41, 5.74) is 1.29. The number of fused-ring (bicyclic) bond motifs is 1. The molecular weight excluding hydrogens is 333 g/mol. The van der Waals surface area contributed by atoms with E-state index in [1.807, 2.05) is 18.2 Å². The quantitative estimate of drug-likeness (QED) is 0.785. The van der Waals surface area contributed by atoms with Gasteiger partial charge in [-0.15, -0.1) is 0 Å². The van der Waals surface area contributed by atoms with Crippen LogP contribution in [-0.4, -0.2) is 26.8 Å². The molecule has 1 amide bonds. The average molecular weight is 351 g/mol. The zero-order chi connectivity index (χ0) is 18.3. The van der Waals surface area contributed by atoms with Crippen molar-refractivity contribution in [2.24, 2.45) is 0 Å². The Morgan fingerprint density at radius 1 is 1.31 bits per heavy atom. The molecule has 1 saturated carbocycles. The Morgan fingerprint density at radius 3 is 2.81 bits per heavy atom. The number of aromatic amines is 1. The summed E-state index contributed by atoms with van der Waals surface area (Å²) in [6.45, 7) is 2.13. The second-order valence-electron chi connectivity index (χ2n) is 6.70. The number of rotatable bonds is 4. The highest BCUT2D eigenvalue weighted by molar-refractivity contribution is 6.06. The Labute approximate surface area is 149 Å². The van der Waals surface area contributed by atoms with E-state index in [9.17, 15) is 14.0 Å². The van der Waals surface area contributed by atoms with Crippen LogP contribution >= 0.6 is 0 Å². The van der Waals surface area contributed by atoms with Crippen LogP contribution in [-0.2, 0) is 6.54 Å². The van der Waals surface area contributed by atoms with Crippen LogP contribution in [0.2, 0.25) is 0 Å². The van der Waals surface area contributed by atoms with Crippen LogP contribution in [0.4, 0.5) is 4.39 Å². The molecule has 0 aliphatic heterocycles. The maximum Gasteiger partial charge on any atom is 0.255 e. The largest absolute Gasteiger partial charge is 0.330 e. The maximum absolute atomic E-state index is 14.3. The Kier molecular flexibility index (Phi) is 4.03. The van der Waals surface area contributed by atoms with Crippen LogP contribution in [0.25, 0.3) is 10.9 Å². The highest BCUT2D eigenvalue weighted by atomic mass is 19.1. The molecule has 1 N–H and O–H groups in total. The van der Waals surface area contributed by atoms with Gasteiger partial charge < -0.3 is 9.88 Å². The van der Waals surface area contributed by atoms with Crippen LogP contribution in [0.3, 0.4) is 0 Å². The van der Waals surface area contributed by atoms with Gasteiger partial charge in [0.25, 0.3) is 5.91 Å². The summed E-state index contributed by atoms with van der Waals surface area (Å²) >= 11 is 0. The lowest BCUT2D eigenvalue weighted by Gasteiger charge is -2.23. The zero-order valence-electron chi connectivity index (χ0n) is 14.3. The number of hydrogen-bond acceptors (Lipinski definition) is 3. The third-order valence-electron chi connectivity index (χ3n) is 4.59. The fourth-order valence-electron chi connectivity index (χ4n) is 3.20. The minimum atomic E-state index is -0.533. The fraction of sp³-hybridized carbons (Fsp3) is 0.250. The molecule has 0 bridgehead atoms. The summed E-state index contributed by atoms with van der Waals surface area (Å²) < 4.78 is 14.3. The van der Waals surface area contributed by atoms with Gasteiger partial charge in [-0.2, -0.15) is 0 Å². The lowest BCUT2D eigenvalue weighted by atomic mass is 10.0. The predicted octanol–water partition coefficient (Wildman–Crippen LogP) is 3.18. The van der Waals surface area contributed by atoms with E-state index in [1.165, 1.54) is 12.1 Å². The van der Waals surface area contributed by atoms with Crippen LogP contribution < -0.4 is 5.56 Å². The molecule has 26 heavy (non-hydrogen) atoms. The van der Waals surface area contributed by atoms with Gasteiger partial charge in [0.05, 0.1) is 23.3 Å². The number of aromatic nitrogens is 2. The van der Waals surface area contributed by atoms with Gasteiger partial charge in [0, 0.05) is 23.7 Å². The summed E-state index contributed by atoms with van der Waals surface area (Å²) in [6.07, 6.45) is 3.53. The molecule has 0 saturated heterocycles. The molecule has 0 unspecified atom stereocenters. The smallest absolute Gasteiger partial charge is 0.255 e. The van der Waals surface area contributed by atoms with E-state index >= 15 is 0 Å². The van der Waals surface area contributed by atoms with E-state index in [2.05, 4.69) is 9.97 Å². The number of H-pyrrole nitrogens is 1. The fourth-order valence-corrected chi connectivity index (χ4v) is 3.20. The average Bonchev–Trinajstić information content (AvgIpc) is 3.45. The summed E-state index contributed by atoms with van der Waals surface area (Å²) in [5, 5.41) is 0.429. The monoisotopic (exact) mass is 351 g/mol. The third-order valence-corrected chi connectivity index (χ3v) is 4.59. The van der Waals surface area contributed by atoms with Gasteiger partial charge in [-0.3, -0.25) is 14.6 Å². The minimum absolute atomic E-state index is 0.0695. The number of amides is 1. The van der Waals surface area contributed by atoms with E-state index in [-0.39, 0.29) is 23.0 Å². The topological polar surface area (TPSA) is 66.1 Å². The van der Waals surface area contributed by atoms with Crippen molar-refractivity contribution >= 4 is 16.8 Å².